The van der Waals surface area contributed by atoms with Crippen LogP contribution in [0.3, 0.4) is 0 Å². The molecule has 2 heterocycles. The highest BCUT2D eigenvalue weighted by Crippen LogP contribution is 2.31. The lowest BCUT2D eigenvalue weighted by molar-refractivity contribution is -0.117. The number of rotatable bonds is 7. The standard InChI is InChI=1S/C18H23N3O2S/c22-17(8-11-23-13-14-4-2-1-3-5-14)21-18-20-12-16(24-18)15-6-9-19-10-7-15/h1-5,12,15,19H,6-11,13H2,(H,20,21,22). The van der Waals surface area contributed by atoms with Crippen LogP contribution in [0.1, 0.15) is 35.6 Å². The molecule has 0 atom stereocenters. The first-order chi connectivity index (χ1) is 11.8. The van der Waals surface area contributed by atoms with Crippen molar-refractivity contribution < 1.29 is 9.53 Å². The van der Waals surface area contributed by atoms with E-state index in [0.717, 1.165) is 31.5 Å². The third kappa shape index (κ3) is 5.12. The maximum absolute atomic E-state index is 12.0. The number of ether oxygens (including phenoxy) is 1. The summed E-state index contributed by atoms with van der Waals surface area (Å²) in [7, 11) is 0. The fraction of sp³-hybridized carbons (Fsp3) is 0.444. The zero-order chi connectivity index (χ0) is 16.6. The fourth-order valence-corrected chi connectivity index (χ4v) is 3.75. The average molecular weight is 345 g/mol. The summed E-state index contributed by atoms with van der Waals surface area (Å²) in [5, 5.41) is 6.93. The van der Waals surface area contributed by atoms with Gasteiger partial charge in [0.1, 0.15) is 0 Å². The quantitative estimate of drug-likeness (QED) is 0.757. The Hall–Kier alpha value is -1.76. The number of amides is 1. The Bertz CT molecular complexity index is 639. The predicted octanol–water partition coefficient (Wildman–Crippen LogP) is 3.16. The summed E-state index contributed by atoms with van der Waals surface area (Å²) in [5.74, 6) is 0.526. The highest BCUT2D eigenvalue weighted by atomic mass is 32.1. The molecule has 1 amide bonds. The van der Waals surface area contributed by atoms with E-state index < -0.39 is 0 Å². The van der Waals surface area contributed by atoms with Crippen molar-refractivity contribution in [2.75, 3.05) is 25.0 Å². The van der Waals surface area contributed by atoms with Gasteiger partial charge in [0.2, 0.25) is 5.91 Å². The smallest absolute Gasteiger partial charge is 0.228 e. The number of aromatic nitrogens is 1. The number of piperidine rings is 1. The molecule has 1 saturated heterocycles. The Morgan fingerprint density at radius 2 is 2.08 bits per heavy atom. The molecule has 0 spiro atoms. The van der Waals surface area contributed by atoms with E-state index in [1.54, 1.807) is 11.3 Å². The lowest BCUT2D eigenvalue weighted by atomic mass is 9.97. The van der Waals surface area contributed by atoms with Gasteiger partial charge in [-0.05, 0) is 37.4 Å². The Kier molecular flexibility index (Phi) is 6.34. The highest BCUT2D eigenvalue weighted by molar-refractivity contribution is 7.15. The molecule has 5 nitrogen and oxygen atoms in total. The second kappa shape index (κ2) is 8.92. The van der Waals surface area contributed by atoms with Crippen molar-refractivity contribution in [1.82, 2.24) is 10.3 Å². The van der Waals surface area contributed by atoms with E-state index in [4.69, 9.17) is 4.74 Å². The van der Waals surface area contributed by atoms with Gasteiger partial charge in [0.15, 0.2) is 5.13 Å². The number of carbonyl (C=O) groups excluding carboxylic acids is 1. The summed E-state index contributed by atoms with van der Waals surface area (Å²) >= 11 is 1.59. The molecule has 6 heteroatoms. The zero-order valence-corrected chi connectivity index (χ0v) is 14.5. The van der Waals surface area contributed by atoms with Crippen LogP contribution < -0.4 is 10.6 Å². The summed E-state index contributed by atoms with van der Waals surface area (Å²) in [6.07, 6.45) is 4.53. The van der Waals surface area contributed by atoms with Crippen LogP contribution in [-0.4, -0.2) is 30.6 Å². The van der Waals surface area contributed by atoms with E-state index >= 15 is 0 Å². The lowest BCUT2D eigenvalue weighted by Crippen LogP contribution is -2.26. The van der Waals surface area contributed by atoms with Crippen molar-refractivity contribution in [1.29, 1.82) is 0 Å². The Labute approximate surface area is 146 Å². The van der Waals surface area contributed by atoms with Gasteiger partial charge in [0.25, 0.3) is 0 Å². The highest BCUT2D eigenvalue weighted by Gasteiger charge is 2.18. The van der Waals surface area contributed by atoms with Gasteiger partial charge in [0, 0.05) is 11.1 Å². The summed E-state index contributed by atoms with van der Waals surface area (Å²) < 4.78 is 5.54. The Morgan fingerprint density at radius 3 is 2.88 bits per heavy atom. The summed E-state index contributed by atoms with van der Waals surface area (Å²) in [6.45, 7) is 3.06. The predicted molar refractivity (Wildman–Crippen MR) is 96.3 cm³/mol. The van der Waals surface area contributed by atoms with Crippen molar-refractivity contribution in [2.24, 2.45) is 0 Å². The van der Waals surface area contributed by atoms with Crippen LogP contribution in [0.2, 0.25) is 0 Å². The first-order valence-corrected chi connectivity index (χ1v) is 9.21. The monoisotopic (exact) mass is 345 g/mol. The van der Waals surface area contributed by atoms with E-state index in [1.807, 2.05) is 36.5 Å². The molecule has 1 fully saturated rings. The third-order valence-electron chi connectivity index (χ3n) is 4.10. The van der Waals surface area contributed by atoms with Crippen molar-refractivity contribution >= 4 is 22.4 Å². The number of hydrogen-bond acceptors (Lipinski definition) is 5. The maximum Gasteiger partial charge on any atom is 0.228 e. The molecule has 0 saturated carbocycles. The van der Waals surface area contributed by atoms with Crippen molar-refractivity contribution in [2.45, 2.75) is 31.8 Å². The third-order valence-corrected chi connectivity index (χ3v) is 5.17. The van der Waals surface area contributed by atoms with E-state index in [-0.39, 0.29) is 5.91 Å². The maximum atomic E-state index is 12.0. The lowest BCUT2D eigenvalue weighted by Gasteiger charge is -2.20. The first kappa shape index (κ1) is 17.1. The largest absolute Gasteiger partial charge is 0.376 e. The van der Waals surface area contributed by atoms with Gasteiger partial charge >= 0.3 is 0 Å². The van der Waals surface area contributed by atoms with Crippen LogP contribution in [-0.2, 0) is 16.1 Å². The Balaban J connectivity index is 1.38. The molecule has 0 bridgehead atoms. The molecule has 0 unspecified atom stereocenters. The second-order valence-corrected chi connectivity index (χ2v) is 6.99. The van der Waals surface area contributed by atoms with E-state index in [0.29, 0.717) is 30.7 Å². The molecule has 0 aliphatic carbocycles. The fourth-order valence-electron chi connectivity index (χ4n) is 2.75. The molecule has 3 rings (SSSR count). The van der Waals surface area contributed by atoms with Gasteiger partial charge in [-0.3, -0.25) is 4.79 Å². The number of carbonyl (C=O) groups is 1. The van der Waals surface area contributed by atoms with Crippen LogP contribution in [0.25, 0.3) is 0 Å². The minimum atomic E-state index is -0.0470. The molecule has 0 radical (unpaired) electrons. The van der Waals surface area contributed by atoms with Gasteiger partial charge in [0.05, 0.1) is 19.6 Å². The Morgan fingerprint density at radius 1 is 1.29 bits per heavy atom. The summed E-state index contributed by atoms with van der Waals surface area (Å²) in [4.78, 5) is 17.6. The number of nitrogens with zero attached hydrogens (tertiary/aromatic N) is 1. The molecule has 24 heavy (non-hydrogen) atoms. The molecule has 1 aliphatic heterocycles. The van der Waals surface area contributed by atoms with Crippen LogP contribution in [0.15, 0.2) is 36.5 Å². The second-order valence-electron chi connectivity index (χ2n) is 5.93. The van der Waals surface area contributed by atoms with Crippen LogP contribution >= 0.6 is 11.3 Å². The minimum absolute atomic E-state index is 0.0470. The van der Waals surface area contributed by atoms with Gasteiger partial charge in [-0.1, -0.05) is 30.3 Å². The molecule has 1 aromatic heterocycles. The molecular weight excluding hydrogens is 322 g/mol. The zero-order valence-electron chi connectivity index (χ0n) is 13.7. The number of thiazole rings is 1. The first-order valence-electron chi connectivity index (χ1n) is 8.39. The number of hydrogen-bond donors (Lipinski definition) is 2. The van der Waals surface area contributed by atoms with Gasteiger partial charge in [-0.25, -0.2) is 4.98 Å². The SMILES string of the molecule is O=C(CCOCc1ccccc1)Nc1ncc(C2CCNCC2)s1. The van der Waals surface area contributed by atoms with Crippen molar-refractivity contribution in [3.05, 3.63) is 47.0 Å². The number of benzene rings is 1. The minimum Gasteiger partial charge on any atom is -0.376 e. The topological polar surface area (TPSA) is 63.2 Å². The van der Waals surface area contributed by atoms with Gasteiger partial charge < -0.3 is 15.4 Å². The van der Waals surface area contributed by atoms with Crippen molar-refractivity contribution in [3.63, 3.8) is 0 Å². The van der Waals surface area contributed by atoms with Gasteiger partial charge in [-0.15, -0.1) is 11.3 Å². The molecule has 2 aromatic rings. The molecular formula is C18H23N3O2S. The molecule has 1 aromatic carbocycles. The summed E-state index contributed by atoms with van der Waals surface area (Å²) in [5.41, 5.74) is 1.12. The van der Waals surface area contributed by atoms with Crippen LogP contribution in [0.4, 0.5) is 5.13 Å². The normalized spacial score (nSPS) is 15.3. The number of nitrogens with one attached hydrogen (secondary N) is 2. The van der Waals surface area contributed by atoms with Crippen molar-refractivity contribution in [3.8, 4) is 0 Å². The molecule has 128 valence electrons. The molecule has 2 N–H and O–H groups in total. The van der Waals surface area contributed by atoms with Crippen LogP contribution in [0.5, 0.6) is 0 Å². The number of anilines is 1. The van der Waals surface area contributed by atoms with Crippen LogP contribution in [0, 0.1) is 0 Å². The van der Waals surface area contributed by atoms with E-state index in [2.05, 4.69) is 15.6 Å². The molecule has 1 aliphatic rings. The summed E-state index contributed by atoms with van der Waals surface area (Å²) in [6, 6.07) is 9.96. The average Bonchev–Trinajstić information content (AvgIpc) is 3.09. The van der Waals surface area contributed by atoms with Gasteiger partial charge in [-0.2, -0.15) is 0 Å². The van der Waals surface area contributed by atoms with E-state index in [9.17, 15) is 4.79 Å². The van der Waals surface area contributed by atoms with E-state index in [1.165, 1.54) is 4.88 Å².